The number of hydrogen-bond acceptors (Lipinski definition) is 3. The molecule has 0 aliphatic rings. The Hall–Kier alpha value is -3.18. The van der Waals surface area contributed by atoms with E-state index >= 15 is 0 Å². The van der Waals surface area contributed by atoms with Crippen molar-refractivity contribution in [3.05, 3.63) is 84.1 Å². The van der Waals surface area contributed by atoms with Gasteiger partial charge in [-0.3, -0.25) is 10.1 Å². The molecule has 1 amide bonds. The smallest absolute Gasteiger partial charge is 0.250 e. The molecule has 2 N–H and O–H groups in total. The average Bonchev–Trinajstić information content (AvgIpc) is 3.22. The van der Waals surface area contributed by atoms with Crippen LogP contribution in [0.25, 0.3) is 17.4 Å². The van der Waals surface area contributed by atoms with Gasteiger partial charge in [-0.25, -0.2) is 0 Å². The summed E-state index contributed by atoms with van der Waals surface area (Å²) in [6, 6.07) is 21.6. The second-order valence-electron chi connectivity index (χ2n) is 6.78. The molecule has 0 spiro atoms. The van der Waals surface area contributed by atoms with Gasteiger partial charge in [0.2, 0.25) is 5.91 Å². The van der Waals surface area contributed by atoms with Crippen molar-refractivity contribution >= 4 is 35.0 Å². The fraction of sp³-hybridized carbons (Fsp3) is 0.167. The maximum Gasteiger partial charge on any atom is 0.250 e. The lowest BCUT2D eigenvalue weighted by molar-refractivity contribution is -0.115. The number of nitrogens with one attached hydrogen (secondary N) is 2. The molecule has 1 atom stereocenters. The molecule has 0 aliphatic heterocycles. The van der Waals surface area contributed by atoms with Gasteiger partial charge in [0.15, 0.2) is 5.11 Å². The highest BCUT2D eigenvalue weighted by atomic mass is 32.1. The van der Waals surface area contributed by atoms with Gasteiger partial charge in [0, 0.05) is 17.3 Å². The van der Waals surface area contributed by atoms with Gasteiger partial charge < -0.3 is 9.73 Å². The van der Waals surface area contributed by atoms with Gasteiger partial charge in [0.05, 0.1) is 0 Å². The lowest BCUT2D eigenvalue weighted by Gasteiger charge is -2.11. The maximum atomic E-state index is 12.1. The van der Waals surface area contributed by atoms with Crippen LogP contribution in [-0.2, 0) is 4.79 Å². The van der Waals surface area contributed by atoms with E-state index in [4.69, 9.17) is 16.6 Å². The topological polar surface area (TPSA) is 54.3 Å². The van der Waals surface area contributed by atoms with E-state index in [1.807, 2.05) is 54.6 Å². The van der Waals surface area contributed by atoms with Crippen LogP contribution in [0, 0.1) is 0 Å². The monoisotopic (exact) mass is 404 g/mol. The molecule has 0 unspecified atom stereocenters. The van der Waals surface area contributed by atoms with Crippen molar-refractivity contribution in [2.75, 3.05) is 5.32 Å². The average molecular weight is 405 g/mol. The summed E-state index contributed by atoms with van der Waals surface area (Å²) in [7, 11) is 0. The molecule has 0 fully saturated rings. The Kier molecular flexibility index (Phi) is 6.98. The second kappa shape index (κ2) is 9.85. The van der Waals surface area contributed by atoms with Crippen LogP contribution in [0.15, 0.2) is 77.2 Å². The molecular formula is C24H24N2O2S. The highest BCUT2D eigenvalue weighted by Crippen LogP contribution is 2.22. The molecule has 4 nitrogen and oxygen atoms in total. The third-order valence-electron chi connectivity index (χ3n) is 4.67. The Bertz CT molecular complexity index is 991. The second-order valence-corrected chi connectivity index (χ2v) is 7.18. The third-order valence-corrected chi connectivity index (χ3v) is 4.87. The minimum atomic E-state index is -0.323. The first kappa shape index (κ1) is 20.6. The zero-order chi connectivity index (χ0) is 20.6. The lowest BCUT2D eigenvalue weighted by Crippen LogP contribution is -2.32. The zero-order valence-electron chi connectivity index (χ0n) is 16.5. The number of carbonyl (C=O) groups excluding carboxylic acids is 1. The molecule has 0 bridgehead atoms. The number of rotatable bonds is 6. The molecule has 5 heteroatoms. The Balaban J connectivity index is 1.52. The summed E-state index contributed by atoms with van der Waals surface area (Å²) in [4.78, 5) is 12.1. The van der Waals surface area contributed by atoms with E-state index in [1.165, 1.54) is 11.6 Å². The Labute approximate surface area is 176 Å². The molecule has 0 radical (unpaired) electrons. The van der Waals surface area contributed by atoms with Crippen molar-refractivity contribution in [1.29, 1.82) is 0 Å². The highest BCUT2D eigenvalue weighted by Gasteiger charge is 2.06. The van der Waals surface area contributed by atoms with Crippen molar-refractivity contribution in [3.63, 3.8) is 0 Å². The molecule has 1 heterocycles. The van der Waals surface area contributed by atoms with Gasteiger partial charge in [-0.05, 0) is 60.5 Å². The summed E-state index contributed by atoms with van der Waals surface area (Å²) >= 11 is 5.22. The van der Waals surface area contributed by atoms with Crippen LogP contribution >= 0.6 is 12.2 Å². The summed E-state index contributed by atoms with van der Waals surface area (Å²) in [6.07, 6.45) is 4.11. The van der Waals surface area contributed by atoms with Crippen LogP contribution in [0.2, 0.25) is 0 Å². The number of amides is 1. The van der Waals surface area contributed by atoms with Crippen molar-refractivity contribution in [2.45, 2.75) is 26.2 Å². The van der Waals surface area contributed by atoms with Crippen molar-refractivity contribution < 1.29 is 9.21 Å². The number of carbonyl (C=O) groups is 1. The number of benzene rings is 2. The predicted octanol–water partition coefficient (Wildman–Crippen LogP) is 5.99. The van der Waals surface area contributed by atoms with Gasteiger partial charge in [-0.15, -0.1) is 0 Å². The predicted molar refractivity (Wildman–Crippen MR) is 123 cm³/mol. The summed E-state index contributed by atoms with van der Waals surface area (Å²) in [5, 5.41) is 5.91. The van der Waals surface area contributed by atoms with Gasteiger partial charge >= 0.3 is 0 Å². The largest absolute Gasteiger partial charge is 0.457 e. The SMILES string of the molecule is CC[C@H](C)c1ccc(NC(=S)NC(=O)/C=C/c2ccc(-c3ccccc3)o2)cc1. The summed E-state index contributed by atoms with van der Waals surface area (Å²) < 4.78 is 5.75. The van der Waals surface area contributed by atoms with Crippen molar-refractivity contribution in [3.8, 4) is 11.3 Å². The minimum absolute atomic E-state index is 0.250. The number of thiocarbonyl (C=S) groups is 1. The summed E-state index contributed by atoms with van der Waals surface area (Å²) in [6.45, 7) is 4.36. The molecule has 2 aromatic carbocycles. The van der Waals surface area contributed by atoms with E-state index in [2.05, 4.69) is 36.6 Å². The quantitative estimate of drug-likeness (QED) is 0.392. The van der Waals surface area contributed by atoms with E-state index in [9.17, 15) is 4.79 Å². The van der Waals surface area contributed by atoms with E-state index in [-0.39, 0.29) is 11.0 Å². The van der Waals surface area contributed by atoms with E-state index < -0.39 is 0 Å². The first-order valence-corrected chi connectivity index (χ1v) is 10.0. The summed E-state index contributed by atoms with van der Waals surface area (Å²) in [5.74, 6) is 1.54. The fourth-order valence-corrected chi connectivity index (χ4v) is 3.02. The molecule has 0 saturated heterocycles. The van der Waals surface area contributed by atoms with Crippen molar-refractivity contribution in [2.24, 2.45) is 0 Å². The van der Waals surface area contributed by atoms with Crippen molar-refractivity contribution in [1.82, 2.24) is 5.32 Å². The minimum Gasteiger partial charge on any atom is -0.457 e. The van der Waals surface area contributed by atoms with Gasteiger partial charge in [-0.2, -0.15) is 0 Å². The first-order chi connectivity index (χ1) is 14.0. The number of hydrogen-bond donors (Lipinski definition) is 2. The van der Waals surface area contributed by atoms with Crippen LogP contribution in [0.3, 0.4) is 0 Å². The third kappa shape index (κ3) is 5.90. The highest BCUT2D eigenvalue weighted by molar-refractivity contribution is 7.80. The Morgan fingerprint density at radius 2 is 1.79 bits per heavy atom. The molecular weight excluding hydrogens is 380 g/mol. The molecule has 1 aromatic heterocycles. The van der Waals surface area contributed by atoms with Gasteiger partial charge in [0.1, 0.15) is 11.5 Å². The Morgan fingerprint density at radius 1 is 1.07 bits per heavy atom. The fourth-order valence-electron chi connectivity index (χ4n) is 2.80. The standard InChI is InChI=1S/C24H24N2O2S/c1-3-17(2)18-9-11-20(12-10-18)25-24(29)26-23(27)16-14-21-13-15-22(28-21)19-7-5-4-6-8-19/h4-17H,3H2,1-2H3,(H2,25,26,27,29)/b16-14+/t17-/m0/s1. The Morgan fingerprint density at radius 3 is 2.48 bits per heavy atom. The van der Waals surface area contributed by atoms with E-state index in [0.717, 1.165) is 23.4 Å². The number of anilines is 1. The number of furan rings is 1. The van der Waals surface area contributed by atoms with Crippen LogP contribution < -0.4 is 10.6 Å². The summed E-state index contributed by atoms with van der Waals surface area (Å²) in [5.41, 5.74) is 3.11. The molecule has 3 rings (SSSR count). The zero-order valence-corrected chi connectivity index (χ0v) is 17.3. The van der Waals surface area contributed by atoms with Gasteiger partial charge in [0.25, 0.3) is 0 Å². The molecule has 148 valence electrons. The van der Waals surface area contributed by atoms with E-state index in [1.54, 1.807) is 6.08 Å². The maximum absolute atomic E-state index is 12.1. The molecule has 0 aliphatic carbocycles. The normalized spacial score (nSPS) is 11.9. The van der Waals surface area contributed by atoms with E-state index in [0.29, 0.717) is 11.7 Å². The first-order valence-electron chi connectivity index (χ1n) is 9.60. The van der Waals surface area contributed by atoms with Crippen LogP contribution in [0.1, 0.15) is 37.5 Å². The van der Waals surface area contributed by atoms with Crippen LogP contribution in [0.4, 0.5) is 5.69 Å². The van der Waals surface area contributed by atoms with Crippen LogP contribution in [-0.4, -0.2) is 11.0 Å². The van der Waals surface area contributed by atoms with Gasteiger partial charge in [-0.1, -0.05) is 56.3 Å². The molecule has 29 heavy (non-hydrogen) atoms. The molecule has 3 aromatic rings. The van der Waals surface area contributed by atoms with Crippen LogP contribution in [0.5, 0.6) is 0 Å². The molecule has 0 saturated carbocycles. The lowest BCUT2D eigenvalue weighted by atomic mass is 9.99.